The number of phenolic OH excluding ortho intramolecular Hbond substituents is 1. The number of fused-ring (bicyclic) bond motifs is 2. The van der Waals surface area contributed by atoms with E-state index in [1.165, 1.54) is 0 Å². The van der Waals surface area contributed by atoms with Gasteiger partial charge in [-0.1, -0.05) is 24.3 Å². The van der Waals surface area contributed by atoms with Crippen LogP contribution in [0.5, 0.6) is 5.75 Å². The highest BCUT2D eigenvalue weighted by Gasteiger charge is 2.35. The number of benzene rings is 2. The Balaban J connectivity index is 2.23. The van der Waals surface area contributed by atoms with E-state index in [-0.39, 0.29) is 5.92 Å². The summed E-state index contributed by atoms with van der Waals surface area (Å²) in [7, 11) is 1.07. The minimum absolute atomic E-state index is 0.0780. The van der Waals surface area contributed by atoms with Crippen LogP contribution in [-0.2, 0) is 4.74 Å². The summed E-state index contributed by atoms with van der Waals surface area (Å²) >= 11 is 0. The van der Waals surface area contributed by atoms with Crippen LogP contribution in [0.3, 0.4) is 0 Å². The smallest absolute Gasteiger partial charge is 0.409 e. The molecule has 0 radical (unpaired) electrons. The van der Waals surface area contributed by atoms with Crippen molar-refractivity contribution < 1.29 is 14.9 Å². The third-order valence-electron chi connectivity index (χ3n) is 3.99. The zero-order valence-electron chi connectivity index (χ0n) is 11.7. The lowest BCUT2D eigenvalue weighted by molar-refractivity contribution is 0.182. The average Bonchev–Trinajstić information content (AvgIpc) is 2.79. The van der Waals surface area contributed by atoms with E-state index in [4.69, 9.17) is 4.74 Å². The Kier molecular flexibility index (Phi) is 3.32. The summed E-state index contributed by atoms with van der Waals surface area (Å²) in [6.07, 6.45) is 0. The molecule has 0 amide bonds. The van der Waals surface area contributed by atoms with Crippen LogP contribution in [-0.4, -0.2) is 37.4 Å². The van der Waals surface area contributed by atoms with Crippen LogP contribution in [0.15, 0.2) is 30.3 Å². The predicted octanol–water partition coefficient (Wildman–Crippen LogP) is 2.21. The number of anilines is 1. The van der Waals surface area contributed by atoms with E-state index in [1.54, 1.807) is 13.9 Å². The van der Waals surface area contributed by atoms with E-state index in [0.29, 0.717) is 18.9 Å². The predicted molar refractivity (Wildman–Crippen MR) is 81.4 cm³/mol. The van der Waals surface area contributed by atoms with Gasteiger partial charge in [0, 0.05) is 36.2 Å². The molecule has 3 rings (SSSR count). The third kappa shape index (κ3) is 1.94. The van der Waals surface area contributed by atoms with Crippen molar-refractivity contribution in [2.24, 2.45) is 0 Å². The highest BCUT2D eigenvalue weighted by atomic mass is 16.5. The van der Waals surface area contributed by atoms with Crippen molar-refractivity contribution in [1.82, 2.24) is 0 Å². The summed E-state index contributed by atoms with van der Waals surface area (Å²) < 4.78 is 5.26. The molecule has 0 fully saturated rings. The molecule has 0 saturated carbocycles. The lowest BCUT2D eigenvalue weighted by Crippen LogP contribution is -2.36. The van der Waals surface area contributed by atoms with Crippen LogP contribution >= 0.6 is 0 Å². The minimum Gasteiger partial charge on any atom is -0.507 e. The van der Waals surface area contributed by atoms with Crippen LogP contribution < -0.4 is 4.81 Å². The van der Waals surface area contributed by atoms with E-state index in [0.717, 1.165) is 22.0 Å². The normalized spacial score (nSPS) is 17.6. The fraction of sp³-hybridized carbons (Fsp3) is 0.333. The number of phenols is 1. The van der Waals surface area contributed by atoms with Gasteiger partial charge in [-0.25, -0.2) is 0 Å². The number of nitrogens with zero attached hydrogens (tertiary/aromatic N) is 1. The maximum atomic E-state index is 10.6. The zero-order valence-corrected chi connectivity index (χ0v) is 11.7. The second-order valence-corrected chi connectivity index (χ2v) is 5.32. The Morgan fingerprint density at radius 3 is 2.85 bits per heavy atom. The number of hydrogen-bond acceptors (Lipinski definition) is 4. The molecule has 104 valence electrons. The fourth-order valence-electron chi connectivity index (χ4n) is 3.09. The van der Waals surface area contributed by atoms with E-state index >= 15 is 0 Å². The van der Waals surface area contributed by atoms with Gasteiger partial charge in [-0.15, -0.1) is 0 Å². The fourth-order valence-corrected chi connectivity index (χ4v) is 3.09. The minimum atomic E-state index is -0.587. The number of aromatic hydroxyl groups is 1. The van der Waals surface area contributed by atoms with E-state index in [1.807, 2.05) is 35.1 Å². The number of hydrogen-bond donors (Lipinski definition) is 2. The zero-order chi connectivity index (χ0) is 14.3. The summed E-state index contributed by atoms with van der Waals surface area (Å²) in [5, 5.41) is 22.4. The van der Waals surface area contributed by atoms with Crippen LogP contribution in [0.4, 0.5) is 5.69 Å². The molecule has 2 aromatic carbocycles. The van der Waals surface area contributed by atoms with Crippen molar-refractivity contribution in [3.63, 3.8) is 0 Å². The lowest BCUT2D eigenvalue weighted by Gasteiger charge is -2.20. The number of ether oxygens (including phenoxy) is 1. The molecule has 1 unspecified atom stereocenters. The first-order valence-corrected chi connectivity index (χ1v) is 6.81. The largest absolute Gasteiger partial charge is 0.507 e. The van der Waals surface area contributed by atoms with Crippen molar-refractivity contribution >= 4 is 23.5 Å². The van der Waals surface area contributed by atoms with Gasteiger partial charge in [0.25, 0.3) is 0 Å². The first-order chi connectivity index (χ1) is 9.63. The van der Waals surface area contributed by atoms with Crippen LogP contribution in [0, 0.1) is 0 Å². The molecule has 1 aliphatic rings. The monoisotopic (exact) mass is 271 g/mol. The Morgan fingerprint density at radius 2 is 2.15 bits per heavy atom. The SMILES string of the molecule is COCC1CN(B(C)O)c2cc3ccccc3c(O)c21. The van der Waals surface area contributed by atoms with E-state index in [2.05, 4.69) is 0 Å². The first-order valence-electron chi connectivity index (χ1n) is 6.81. The van der Waals surface area contributed by atoms with Gasteiger partial charge >= 0.3 is 7.05 Å². The molecule has 4 nitrogen and oxygen atoms in total. The maximum absolute atomic E-state index is 10.6. The van der Waals surface area contributed by atoms with Gasteiger partial charge in [-0.3, -0.25) is 0 Å². The molecule has 0 aliphatic carbocycles. The summed E-state index contributed by atoms with van der Waals surface area (Å²) in [6.45, 7) is 2.93. The van der Waals surface area contributed by atoms with Crippen molar-refractivity contribution in [3.8, 4) is 5.75 Å². The molecule has 5 heteroatoms. The molecule has 0 spiro atoms. The van der Waals surface area contributed by atoms with Gasteiger partial charge in [0.2, 0.25) is 0 Å². The lowest BCUT2D eigenvalue weighted by atomic mass is 9.85. The van der Waals surface area contributed by atoms with Gasteiger partial charge in [0.1, 0.15) is 5.75 Å². The van der Waals surface area contributed by atoms with Crippen molar-refractivity contribution in [1.29, 1.82) is 0 Å². The molecule has 2 N–H and O–H groups in total. The molecular formula is C15H18BNO3. The maximum Gasteiger partial charge on any atom is 0.409 e. The topological polar surface area (TPSA) is 52.9 Å². The van der Waals surface area contributed by atoms with Crippen molar-refractivity contribution in [3.05, 3.63) is 35.9 Å². The Hall–Kier alpha value is -1.72. The van der Waals surface area contributed by atoms with Gasteiger partial charge in [0.05, 0.1) is 6.61 Å². The second-order valence-electron chi connectivity index (χ2n) is 5.32. The van der Waals surface area contributed by atoms with Gasteiger partial charge in [0.15, 0.2) is 0 Å². The van der Waals surface area contributed by atoms with Gasteiger partial charge in [-0.2, -0.15) is 0 Å². The van der Waals surface area contributed by atoms with Crippen LogP contribution in [0.1, 0.15) is 11.5 Å². The quantitative estimate of drug-likeness (QED) is 0.840. The van der Waals surface area contributed by atoms with Crippen LogP contribution in [0.2, 0.25) is 6.82 Å². The first kappa shape index (κ1) is 13.3. The molecule has 1 atom stereocenters. The summed E-state index contributed by atoms with van der Waals surface area (Å²) in [5.41, 5.74) is 1.78. The Labute approximate surface area is 118 Å². The molecular weight excluding hydrogens is 253 g/mol. The molecule has 2 aromatic rings. The van der Waals surface area contributed by atoms with Crippen molar-refractivity contribution in [2.45, 2.75) is 12.7 Å². The van der Waals surface area contributed by atoms with Gasteiger partial charge < -0.3 is 19.7 Å². The Morgan fingerprint density at radius 1 is 1.40 bits per heavy atom. The Bertz CT molecular complexity index is 644. The number of rotatable bonds is 3. The molecule has 1 aliphatic heterocycles. The van der Waals surface area contributed by atoms with Crippen molar-refractivity contribution in [2.75, 3.05) is 25.1 Å². The summed E-state index contributed by atoms with van der Waals surface area (Å²) in [4.78, 5) is 1.91. The van der Waals surface area contributed by atoms with Gasteiger partial charge in [-0.05, 0) is 18.3 Å². The van der Waals surface area contributed by atoms with E-state index in [9.17, 15) is 10.1 Å². The molecule has 0 bridgehead atoms. The summed E-state index contributed by atoms with van der Waals surface area (Å²) in [6, 6.07) is 9.79. The molecule has 0 aromatic heterocycles. The number of methoxy groups -OCH3 is 1. The highest BCUT2D eigenvalue weighted by molar-refractivity contribution is 6.54. The van der Waals surface area contributed by atoms with Crippen LogP contribution in [0.25, 0.3) is 10.8 Å². The molecule has 1 heterocycles. The molecule has 20 heavy (non-hydrogen) atoms. The highest BCUT2D eigenvalue weighted by Crippen LogP contribution is 2.46. The molecule has 0 saturated heterocycles. The second kappa shape index (κ2) is 5.00. The van der Waals surface area contributed by atoms with E-state index < -0.39 is 7.05 Å². The standard InChI is InChI=1S/C15H18BNO3/c1-16(19)17-8-11(9-20-2)14-13(17)7-10-5-3-4-6-12(10)15(14)18/h3-7,11,18-19H,8-9H2,1-2H3. The summed E-state index contributed by atoms with van der Waals surface area (Å²) in [5.74, 6) is 0.387. The average molecular weight is 271 g/mol. The third-order valence-corrected chi connectivity index (χ3v) is 3.99.